The van der Waals surface area contributed by atoms with Crippen molar-refractivity contribution in [2.75, 3.05) is 0 Å². The topological polar surface area (TPSA) is 105 Å². The van der Waals surface area contributed by atoms with E-state index in [9.17, 15) is 4.79 Å². The SMILES string of the molecule is O=c1oc2ccccc2c2c1C(c1ccc(OCc3ccccc3)cc1)c1c(ncn3nc(-c4ccccn4)nc13)O2. The summed E-state index contributed by atoms with van der Waals surface area (Å²) in [7, 11) is 0. The molecular weight excluding hydrogens is 530 g/mol. The summed E-state index contributed by atoms with van der Waals surface area (Å²) in [5.74, 6) is 1.32. The molecule has 0 bridgehead atoms. The van der Waals surface area contributed by atoms with Crippen LogP contribution in [0, 0.1) is 0 Å². The van der Waals surface area contributed by atoms with Gasteiger partial charge in [-0.2, -0.15) is 0 Å². The molecule has 0 saturated carbocycles. The van der Waals surface area contributed by atoms with E-state index in [1.54, 1.807) is 23.1 Å². The van der Waals surface area contributed by atoms with Crippen LogP contribution in [0.4, 0.5) is 0 Å². The highest BCUT2D eigenvalue weighted by molar-refractivity contribution is 5.87. The number of para-hydroxylation sites is 1. The molecule has 0 spiro atoms. The van der Waals surface area contributed by atoms with E-state index in [-0.39, 0.29) is 0 Å². The minimum Gasteiger partial charge on any atom is -0.489 e. The minimum atomic E-state index is -0.593. The minimum absolute atomic E-state index is 0.347. The zero-order valence-corrected chi connectivity index (χ0v) is 22.0. The molecule has 0 fully saturated rings. The highest BCUT2D eigenvalue weighted by atomic mass is 16.5. The van der Waals surface area contributed by atoms with Crippen molar-refractivity contribution in [3.05, 3.63) is 142 Å². The lowest BCUT2D eigenvalue weighted by Gasteiger charge is -2.27. The van der Waals surface area contributed by atoms with Crippen LogP contribution in [-0.4, -0.2) is 24.6 Å². The summed E-state index contributed by atoms with van der Waals surface area (Å²) in [6, 6.07) is 30.5. The van der Waals surface area contributed by atoms with Crippen LogP contribution >= 0.6 is 0 Å². The lowest BCUT2D eigenvalue weighted by atomic mass is 9.84. The molecule has 0 N–H and O–H groups in total. The molecule has 1 atom stereocenters. The third kappa shape index (κ3) is 3.98. The van der Waals surface area contributed by atoms with Crippen LogP contribution in [0.3, 0.4) is 0 Å². The average molecular weight is 552 g/mol. The third-order valence-electron chi connectivity index (χ3n) is 7.32. The van der Waals surface area contributed by atoms with Gasteiger partial charge in [0.1, 0.15) is 30.0 Å². The molecule has 1 unspecified atom stereocenters. The molecule has 4 aromatic heterocycles. The van der Waals surface area contributed by atoms with Gasteiger partial charge < -0.3 is 13.9 Å². The number of benzene rings is 3. The molecule has 0 aliphatic carbocycles. The summed E-state index contributed by atoms with van der Waals surface area (Å²) < 4.78 is 19.8. The summed E-state index contributed by atoms with van der Waals surface area (Å²) >= 11 is 0. The van der Waals surface area contributed by atoms with Crippen LogP contribution in [0.5, 0.6) is 17.4 Å². The fraction of sp³-hybridized carbons (Fsp3) is 0.0606. The summed E-state index contributed by atoms with van der Waals surface area (Å²) in [5.41, 5.74) is 3.96. The monoisotopic (exact) mass is 551 g/mol. The summed E-state index contributed by atoms with van der Waals surface area (Å²) in [5, 5.41) is 5.30. The third-order valence-corrected chi connectivity index (χ3v) is 7.32. The maximum atomic E-state index is 13.6. The van der Waals surface area contributed by atoms with Crippen LogP contribution in [0.1, 0.15) is 28.2 Å². The lowest BCUT2D eigenvalue weighted by Crippen LogP contribution is -2.22. The maximum absolute atomic E-state index is 13.6. The molecule has 0 radical (unpaired) electrons. The van der Waals surface area contributed by atoms with Gasteiger partial charge in [0.05, 0.1) is 22.4 Å². The van der Waals surface area contributed by atoms with Crippen LogP contribution in [0.2, 0.25) is 0 Å². The second-order valence-electron chi connectivity index (χ2n) is 9.89. The number of pyridine rings is 1. The van der Waals surface area contributed by atoms with Crippen LogP contribution in [0.25, 0.3) is 28.1 Å². The number of hydrogen-bond acceptors (Lipinski definition) is 8. The van der Waals surface area contributed by atoms with Gasteiger partial charge in [0.15, 0.2) is 11.4 Å². The number of nitrogens with zero attached hydrogens (tertiary/aromatic N) is 5. The zero-order valence-electron chi connectivity index (χ0n) is 22.0. The summed E-state index contributed by atoms with van der Waals surface area (Å²) in [6.07, 6.45) is 3.25. The van der Waals surface area contributed by atoms with Gasteiger partial charge in [-0.3, -0.25) is 4.98 Å². The summed E-state index contributed by atoms with van der Waals surface area (Å²) in [6.45, 7) is 0.444. The zero-order chi connectivity index (χ0) is 28.0. The maximum Gasteiger partial charge on any atom is 0.344 e. The Hall–Kier alpha value is -5.83. The van der Waals surface area contributed by atoms with E-state index in [1.807, 2.05) is 91.0 Å². The van der Waals surface area contributed by atoms with Crippen LogP contribution in [-0.2, 0) is 6.61 Å². The predicted octanol–water partition coefficient (Wildman–Crippen LogP) is 6.16. The molecule has 9 nitrogen and oxygen atoms in total. The van der Waals surface area contributed by atoms with E-state index in [0.717, 1.165) is 11.1 Å². The number of aromatic nitrogens is 5. The Morgan fingerprint density at radius 3 is 2.48 bits per heavy atom. The standard InChI is InChI=1S/C33H21N5O4/c39-33-27-26(21-13-15-22(16-14-21)40-18-20-8-2-1-3-9-20)28-31-36-30(24-11-6-7-17-34-24)37-38(31)19-35-32(28)42-29(27)23-10-4-5-12-25(23)41-33/h1-17,19,26H,18H2. The van der Waals surface area contributed by atoms with Crippen LogP contribution < -0.4 is 15.1 Å². The molecule has 8 rings (SSSR count). The predicted molar refractivity (Wildman–Crippen MR) is 155 cm³/mol. The molecule has 7 aromatic rings. The van der Waals surface area contributed by atoms with Gasteiger partial charge in [-0.15, -0.1) is 5.10 Å². The molecule has 202 valence electrons. The van der Waals surface area contributed by atoms with E-state index < -0.39 is 11.5 Å². The largest absolute Gasteiger partial charge is 0.489 e. The second-order valence-corrected chi connectivity index (χ2v) is 9.89. The van der Waals surface area contributed by atoms with Crippen LogP contribution in [0.15, 0.2) is 119 Å². The Morgan fingerprint density at radius 2 is 1.64 bits per heavy atom. The molecule has 0 saturated heterocycles. The highest BCUT2D eigenvalue weighted by Gasteiger charge is 2.37. The first-order valence-electron chi connectivity index (χ1n) is 13.4. The Balaban J connectivity index is 1.29. The molecule has 0 amide bonds. The molecule has 9 heteroatoms. The average Bonchev–Trinajstić information content (AvgIpc) is 3.49. The highest BCUT2D eigenvalue weighted by Crippen LogP contribution is 2.49. The lowest BCUT2D eigenvalue weighted by molar-refractivity contribution is 0.306. The van der Waals surface area contributed by atoms with Crippen molar-refractivity contribution >= 4 is 16.6 Å². The molecule has 42 heavy (non-hydrogen) atoms. The molecule has 5 heterocycles. The number of fused-ring (bicyclic) bond motifs is 6. The smallest absolute Gasteiger partial charge is 0.344 e. The fourth-order valence-corrected chi connectivity index (χ4v) is 5.36. The number of ether oxygens (including phenoxy) is 2. The van der Waals surface area contributed by atoms with E-state index in [0.29, 0.717) is 63.2 Å². The van der Waals surface area contributed by atoms with Gasteiger partial charge >= 0.3 is 5.63 Å². The first-order chi connectivity index (χ1) is 20.7. The Kier molecular flexibility index (Phi) is 5.53. The van der Waals surface area contributed by atoms with Crippen molar-refractivity contribution in [3.63, 3.8) is 0 Å². The van der Waals surface area contributed by atoms with Gasteiger partial charge in [-0.25, -0.2) is 19.3 Å². The van der Waals surface area contributed by atoms with E-state index in [4.69, 9.17) is 18.9 Å². The van der Waals surface area contributed by atoms with Crippen molar-refractivity contribution in [2.45, 2.75) is 12.5 Å². The van der Waals surface area contributed by atoms with E-state index >= 15 is 0 Å². The first kappa shape index (κ1) is 24.0. The quantitative estimate of drug-likeness (QED) is 0.234. The van der Waals surface area contributed by atoms with Gasteiger partial charge in [0.25, 0.3) is 0 Å². The fourth-order valence-electron chi connectivity index (χ4n) is 5.36. The van der Waals surface area contributed by atoms with Crippen molar-refractivity contribution in [1.82, 2.24) is 24.6 Å². The summed E-state index contributed by atoms with van der Waals surface area (Å²) in [4.78, 5) is 27.4. The Bertz CT molecular complexity index is 2140. The molecule has 3 aromatic carbocycles. The van der Waals surface area contributed by atoms with Crippen molar-refractivity contribution < 1.29 is 13.9 Å². The van der Waals surface area contributed by atoms with Gasteiger partial charge in [0, 0.05) is 6.20 Å². The van der Waals surface area contributed by atoms with Crippen molar-refractivity contribution in [2.24, 2.45) is 0 Å². The van der Waals surface area contributed by atoms with Crippen molar-refractivity contribution in [3.8, 4) is 28.9 Å². The first-order valence-corrected chi connectivity index (χ1v) is 13.4. The van der Waals surface area contributed by atoms with Gasteiger partial charge in [0.2, 0.25) is 11.7 Å². The normalized spacial score (nSPS) is 13.9. The molecule has 1 aliphatic heterocycles. The van der Waals surface area contributed by atoms with E-state index in [1.165, 1.54) is 0 Å². The molecule has 1 aliphatic rings. The Labute approximate surface area is 238 Å². The second kappa shape index (κ2) is 9.67. The van der Waals surface area contributed by atoms with Gasteiger partial charge in [-0.05, 0) is 47.5 Å². The van der Waals surface area contributed by atoms with Crippen molar-refractivity contribution in [1.29, 1.82) is 0 Å². The number of hydrogen-bond donors (Lipinski definition) is 0. The molecular formula is C33H21N5O4. The van der Waals surface area contributed by atoms with Gasteiger partial charge in [-0.1, -0.05) is 60.7 Å². The van der Waals surface area contributed by atoms with E-state index in [2.05, 4.69) is 15.1 Å². The Morgan fingerprint density at radius 1 is 0.833 bits per heavy atom. The number of rotatable bonds is 5.